The monoisotopic (exact) mass is 410 g/mol. The predicted molar refractivity (Wildman–Crippen MR) is 125 cm³/mol. The zero-order valence-electron chi connectivity index (χ0n) is 17.8. The van der Waals surface area contributed by atoms with Crippen LogP contribution in [0, 0.1) is 6.92 Å². The van der Waals surface area contributed by atoms with E-state index >= 15 is 0 Å². The van der Waals surface area contributed by atoms with Crippen LogP contribution in [0.4, 0.5) is 0 Å². The SMILES string of the molecule is CCOc1ccccc1-n1c(-c2ccccc2)cc(C(=O)NCc2ccccc2)c1C. The van der Waals surface area contributed by atoms with Gasteiger partial charge in [0.1, 0.15) is 5.75 Å². The Kier molecular flexibility index (Phi) is 6.18. The molecule has 4 aromatic rings. The molecule has 1 N–H and O–H groups in total. The summed E-state index contributed by atoms with van der Waals surface area (Å²) in [4.78, 5) is 13.1. The lowest BCUT2D eigenvalue weighted by molar-refractivity contribution is 0.0950. The summed E-state index contributed by atoms with van der Waals surface area (Å²) in [6.07, 6.45) is 0. The van der Waals surface area contributed by atoms with E-state index < -0.39 is 0 Å². The molecule has 0 unspecified atom stereocenters. The van der Waals surface area contributed by atoms with Crippen LogP contribution < -0.4 is 10.1 Å². The van der Waals surface area contributed by atoms with E-state index in [2.05, 4.69) is 22.0 Å². The number of carbonyl (C=O) groups is 1. The number of nitrogens with zero attached hydrogens (tertiary/aromatic N) is 1. The number of hydrogen-bond acceptors (Lipinski definition) is 2. The van der Waals surface area contributed by atoms with E-state index in [0.29, 0.717) is 18.7 Å². The first kappa shape index (κ1) is 20.5. The molecule has 0 spiro atoms. The van der Waals surface area contributed by atoms with Crippen molar-refractivity contribution in [3.05, 3.63) is 108 Å². The zero-order chi connectivity index (χ0) is 21.6. The molecule has 31 heavy (non-hydrogen) atoms. The molecule has 1 heterocycles. The Morgan fingerprint density at radius 1 is 0.903 bits per heavy atom. The maximum absolute atomic E-state index is 13.1. The van der Waals surface area contributed by atoms with Crippen molar-refractivity contribution in [2.45, 2.75) is 20.4 Å². The molecule has 0 radical (unpaired) electrons. The molecule has 0 fully saturated rings. The van der Waals surface area contributed by atoms with Crippen LogP contribution >= 0.6 is 0 Å². The second-order valence-corrected chi connectivity index (χ2v) is 7.30. The average molecular weight is 411 g/mol. The Hall–Kier alpha value is -3.79. The van der Waals surface area contributed by atoms with Crippen molar-refractivity contribution in [1.29, 1.82) is 0 Å². The van der Waals surface area contributed by atoms with Crippen molar-refractivity contribution in [1.82, 2.24) is 9.88 Å². The minimum Gasteiger partial charge on any atom is -0.492 e. The Bertz CT molecular complexity index is 1160. The van der Waals surface area contributed by atoms with E-state index in [1.807, 2.05) is 92.7 Å². The van der Waals surface area contributed by atoms with E-state index in [0.717, 1.165) is 34.0 Å². The second-order valence-electron chi connectivity index (χ2n) is 7.30. The van der Waals surface area contributed by atoms with Crippen LogP contribution in [0.3, 0.4) is 0 Å². The highest BCUT2D eigenvalue weighted by atomic mass is 16.5. The number of hydrogen-bond donors (Lipinski definition) is 1. The Balaban J connectivity index is 1.77. The molecule has 1 aromatic heterocycles. The van der Waals surface area contributed by atoms with Crippen molar-refractivity contribution in [3.8, 4) is 22.7 Å². The molecule has 0 aliphatic carbocycles. The van der Waals surface area contributed by atoms with Gasteiger partial charge in [-0.3, -0.25) is 4.79 Å². The van der Waals surface area contributed by atoms with Gasteiger partial charge in [0, 0.05) is 12.2 Å². The number of benzene rings is 3. The Morgan fingerprint density at radius 3 is 2.26 bits per heavy atom. The van der Waals surface area contributed by atoms with Gasteiger partial charge in [-0.2, -0.15) is 0 Å². The highest BCUT2D eigenvalue weighted by molar-refractivity contribution is 5.97. The van der Waals surface area contributed by atoms with Gasteiger partial charge in [0.15, 0.2) is 0 Å². The van der Waals surface area contributed by atoms with Crippen LogP contribution in [0.2, 0.25) is 0 Å². The molecule has 156 valence electrons. The lowest BCUT2D eigenvalue weighted by Crippen LogP contribution is -2.23. The molecule has 0 aliphatic heterocycles. The first-order chi connectivity index (χ1) is 15.2. The maximum atomic E-state index is 13.1. The fourth-order valence-electron chi connectivity index (χ4n) is 3.76. The van der Waals surface area contributed by atoms with Crippen molar-refractivity contribution in [2.75, 3.05) is 6.61 Å². The van der Waals surface area contributed by atoms with E-state index in [1.54, 1.807) is 0 Å². The van der Waals surface area contributed by atoms with Gasteiger partial charge in [0.05, 0.1) is 23.6 Å². The lowest BCUT2D eigenvalue weighted by Gasteiger charge is -2.16. The number of aromatic nitrogens is 1. The van der Waals surface area contributed by atoms with Crippen molar-refractivity contribution >= 4 is 5.91 Å². The third kappa shape index (κ3) is 4.38. The van der Waals surface area contributed by atoms with Crippen LogP contribution in [0.25, 0.3) is 16.9 Å². The zero-order valence-corrected chi connectivity index (χ0v) is 17.8. The summed E-state index contributed by atoms with van der Waals surface area (Å²) in [6, 6.07) is 29.9. The summed E-state index contributed by atoms with van der Waals surface area (Å²) in [7, 11) is 0. The minimum absolute atomic E-state index is 0.0915. The normalized spacial score (nSPS) is 10.6. The van der Waals surface area contributed by atoms with Crippen molar-refractivity contribution < 1.29 is 9.53 Å². The number of carbonyl (C=O) groups excluding carboxylic acids is 1. The summed E-state index contributed by atoms with van der Waals surface area (Å²) in [5.41, 5.74) is 5.51. The maximum Gasteiger partial charge on any atom is 0.253 e. The highest BCUT2D eigenvalue weighted by Gasteiger charge is 2.21. The molecule has 4 nitrogen and oxygen atoms in total. The molecule has 0 atom stereocenters. The molecule has 0 saturated heterocycles. The van der Waals surface area contributed by atoms with Crippen molar-refractivity contribution in [3.63, 3.8) is 0 Å². The second kappa shape index (κ2) is 9.35. The molecule has 4 rings (SSSR count). The summed E-state index contributed by atoms with van der Waals surface area (Å²) >= 11 is 0. The number of nitrogens with one attached hydrogen (secondary N) is 1. The standard InChI is InChI=1S/C27H26N2O2/c1-3-31-26-17-11-10-16-24(26)29-20(2)23(18-25(29)22-14-8-5-9-15-22)27(30)28-19-21-12-6-4-7-13-21/h4-18H,3,19H2,1-2H3,(H,28,30). The van der Waals surface area contributed by atoms with Gasteiger partial charge < -0.3 is 14.6 Å². The number of para-hydroxylation sites is 2. The Morgan fingerprint density at radius 2 is 1.55 bits per heavy atom. The summed E-state index contributed by atoms with van der Waals surface area (Å²) in [5, 5.41) is 3.06. The van der Waals surface area contributed by atoms with Gasteiger partial charge >= 0.3 is 0 Å². The molecule has 0 saturated carbocycles. The molecular formula is C27H26N2O2. The average Bonchev–Trinajstić information content (AvgIpc) is 3.16. The highest BCUT2D eigenvalue weighted by Crippen LogP contribution is 2.33. The van der Waals surface area contributed by atoms with Gasteiger partial charge in [-0.25, -0.2) is 0 Å². The van der Waals surface area contributed by atoms with Gasteiger partial charge in [-0.15, -0.1) is 0 Å². The van der Waals surface area contributed by atoms with Crippen LogP contribution in [-0.4, -0.2) is 17.1 Å². The summed E-state index contributed by atoms with van der Waals surface area (Å²) in [5.74, 6) is 0.698. The number of amides is 1. The first-order valence-electron chi connectivity index (χ1n) is 10.5. The number of ether oxygens (including phenoxy) is 1. The lowest BCUT2D eigenvalue weighted by atomic mass is 10.1. The summed E-state index contributed by atoms with van der Waals surface area (Å²) < 4.78 is 8.00. The van der Waals surface area contributed by atoms with E-state index in [9.17, 15) is 4.79 Å². The number of rotatable bonds is 7. The molecule has 4 heteroatoms. The van der Waals surface area contributed by atoms with Gasteiger partial charge in [0.25, 0.3) is 5.91 Å². The fraction of sp³-hybridized carbons (Fsp3) is 0.148. The third-order valence-electron chi connectivity index (χ3n) is 5.26. The topological polar surface area (TPSA) is 43.3 Å². The van der Waals surface area contributed by atoms with Crippen LogP contribution in [0.1, 0.15) is 28.5 Å². The van der Waals surface area contributed by atoms with E-state index in [-0.39, 0.29) is 5.91 Å². The van der Waals surface area contributed by atoms with Crippen LogP contribution in [-0.2, 0) is 6.54 Å². The minimum atomic E-state index is -0.0915. The Labute approximate surface area is 183 Å². The largest absolute Gasteiger partial charge is 0.492 e. The quantitative estimate of drug-likeness (QED) is 0.420. The molecule has 0 bridgehead atoms. The van der Waals surface area contributed by atoms with Gasteiger partial charge in [-0.1, -0.05) is 72.8 Å². The van der Waals surface area contributed by atoms with Gasteiger partial charge in [-0.05, 0) is 43.2 Å². The fourth-order valence-corrected chi connectivity index (χ4v) is 3.76. The van der Waals surface area contributed by atoms with Crippen molar-refractivity contribution in [2.24, 2.45) is 0 Å². The van der Waals surface area contributed by atoms with E-state index in [1.165, 1.54) is 0 Å². The molecule has 3 aromatic carbocycles. The van der Waals surface area contributed by atoms with Gasteiger partial charge in [0.2, 0.25) is 0 Å². The smallest absolute Gasteiger partial charge is 0.253 e. The molecule has 0 aliphatic rings. The summed E-state index contributed by atoms with van der Waals surface area (Å²) in [6.45, 7) is 5.01. The van der Waals surface area contributed by atoms with E-state index in [4.69, 9.17) is 4.74 Å². The third-order valence-corrected chi connectivity index (χ3v) is 5.26. The van der Waals surface area contributed by atoms with Crippen LogP contribution in [0.15, 0.2) is 91.0 Å². The molecular weight excluding hydrogens is 384 g/mol. The predicted octanol–water partition coefficient (Wildman–Crippen LogP) is 5.78. The molecule has 1 amide bonds. The first-order valence-corrected chi connectivity index (χ1v) is 10.5. The van der Waals surface area contributed by atoms with Crippen LogP contribution in [0.5, 0.6) is 5.75 Å².